The van der Waals surface area contributed by atoms with Gasteiger partial charge in [-0.25, -0.2) is 0 Å². The minimum Gasteiger partial charge on any atom is -0.493 e. The summed E-state index contributed by atoms with van der Waals surface area (Å²) in [6, 6.07) is 34.6. The predicted molar refractivity (Wildman–Crippen MR) is 154 cm³/mol. The van der Waals surface area contributed by atoms with Gasteiger partial charge in [0.1, 0.15) is 0 Å². The molecule has 0 bridgehead atoms. The minimum atomic E-state index is 0.648. The van der Waals surface area contributed by atoms with E-state index in [9.17, 15) is 0 Å². The number of ether oxygens (including phenoxy) is 2. The Kier molecular flexibility index (Phi) is 11.0. The van der Waals surface area contributed by atoms with E-state index in [2.05, 4.69) is 43.3 Å². The summed E-state index contributed by atoms with van der Waals surface area (Å²) in [6.07, 6.45) is 0. The Morgan fingerprint density at radius 2 is 1.08 bits per heavy atom. The fraction of sp³-hybridized carbons (Fsp3) is 0.161. The molecule has 1 N–H and O–H groups in total. The SMILES string of the molecule is CCOc1cc2ccccc2cc1OC.CO.Cc1ccccc1.c1ccc2cc3c(cc2c1)OSO3. The van der Waals surface area contributed by atoms with E-state index in [-0.39, 0.29) is 0 Å². The monoisotopic (exact) mass is 516 g/mol. The maximum absolute atomic E-state index is 7.00. The van der Waals surface area contributed by atoms with Crippen LogP contribution in [0, 0.1) is 6.92 Å². The average Bonchev–Trinajstić information content (AvgIpc) is 3.41. The molecule has 0 unspecified atom stereocenters. The molecule has 0 spiro atoms. The Balaban J connectivity index is 0.000000157. The van der Waals surface area contributed by atoms with E-state index in [1.54, 1.807) is 7.11 Å². The van der Waals surface area contributed by atoms with Crippen LogP contribution in [0.2, 0.25) is 0 Å². The molecule has 0 saturated carbocycles. The molecule has 1 aliphatic rings. The first-order valence-corrected chi connectivity index (χ1v) is 12.5. The molecule has 5 aromatic carbocycles. The highest BCUT2D eigenvalue weighted by Crippen LogP contribution is 2.41. The molecule has 0 fully saturated rings. The van der Waals surface area contributed by atoms with Crippen molar-refractivity contribution in [3.63, 3.8) is 0 Å². The van der Waals surface area contributed by atoms with Crippen LogP contribution in [0.5, 0.6) is 23.0 Å². The Morgan fingerprint density at radius 3 is 1.49 bits per heavy atom. The smallest absolute Gasteiger partial charge is 0.293 e. The highest BCUT2D eigenvalue weighted by molar-refractivity contribution is 7.90. The van der Waals surface area contributed by atoms with Gasteiger partial charge in [-0.05, 0) is 59.7 Å². The van der Waals surface area contributed by atoms with Crippen molar-refractivity contribution in [3.8, 4) is 23.0 Å². The number of benzene rings is 5. The lowest BCUT2D eigenvalue weighted by molar-refractivity contribution is 0.311. The number of aliphatic hydroxyl groups is 1. The topological polar surface area (TPSA) is 57.2 Å². The van der Waals surface area contributed by atoms with E-state index in [0.29, 0.717) is 6.61 Å². The number of rotatable bonds is 3. The summed E-state index contributed by atoms with van der Waals surface area (Å²) in [7, 11) is 2.66. The van der Waals surface area contributed by atoms with Crippen LogP contribution in [0.3, 0.4) is 0 Å². The summed E-state index contributed by atoms with van der Waals surface area (Å²) in [5.74, 6) is 3.21. The van der Waals surface area contributed by atoms with E-state index in [1.807, 2.05) is 73.7 Å². The van der Waals surface area contributed by atoms with Crippen LogP contribution in [0.1, 0.15) is 12.5 Å². The van der Waals surface area contributed by atoms with E-state index in [4.69, 9.17) is 22.9 Å². The number of hydrogen-bond acceptors (Lipinski definition) is 6. The maximum Gasteiger partial charge on any atom is 0.293 e. The molecule has 37 heavy (non-hydrogen) atoms. The van der Waals surface area contributed by atoms with E-state index >= 15 is 0 Å². The predicted octanol–water partition coefficient (Wildman–Crippen LogP) is 8.02. The van der Waals surface area contributed by atoms with Crippen molar-refractivity contribution < 1.29 is 22.9 Å². The Hall–Kier alpha value is -3.87. The second-order valence-electron chi connectivity index (χ2n) is 7.82. The van der Waals surface area contributed by atoms with Crippen LogP contribution in [0.4, 0.5) is 0 Å². The van der Waals surface area contributed by atoms with E-state index < -0.39 is 0 Å². The van der Waals surface area contributed by atoms with Gasteiger partial charge in [0.2, 0.25) is 0 Å². The summed E-state index contributed by atoms with van der Waals surface area (Å²) >= 11 is 1.01. The Bertz CT molecular complexity index is 1350. The fourth-order valence-electron chi connectivity index (χ4n) is 3.58. The lowest BCUT2D eigenvalue weighted by Crippen LogP contribution is -1.95. The van der Waals surface area contributed by atoms with Crippen molar-refractivity contribution in [3.05, 3.63) is 109 Å². The van der Waals surface area contributed by atoms with Crippen molar-refractivity contribution in [2.75, 3.05) is 20.8 Å². The largest absolute Gasteiger partial charge is 0.493 e. The maximum atomic E-state index is 7.00. The lowest BCUT2D eigenvalue weighted by atomic mass is 10.1. The molecule has 6 heteroatoms. The van der Waals surface area contributed by atoms with Crippen LogP contribution in [-0.4, -0.2) is 25.9 Å². The molecular formula is C31H32O5S. The summed E-state index contributed by atoms with van der Waals surface area (Å²) in [4.78, 5) is 0. The summed E-state index contributed by atoms with van der Waals surface area (Å²) < 4.78 is 21.2. The van der Waals surface area contributed by atoms with Gasteiger partial charge in [0.25, 0.3) is 12.3 Å². The average molecular weight is 517 g/mol. The van der Waals surface area contributed by atoms with Gasteiger partial charge >= 0.3 is 0 Å². The molecule has 6 rings (SSSR count). The summed E-state index contributed by atoms with van der Waals surface area (Å²) in [6.45, 7) is 4.70. The van der Waals surface area contributed by atoms with Gasteiger partial charge in [-0.15, -0.1) is 0 Å². The third-order valence-corrected chi connectivity index (χ3v) is 5.83. The van der Waals surface area contributed by atoms with Crippen molar-refractivity contribution >= 4 is 33.9 Å². The van der Waals surface area contributed by atoms with Crippen LogP contribution >= 0.6 is 12.3 Å². The first-order chi connectivity index (χ1) is 18.2. The fourth-order valence-corrected chi connectivity index (χ4v) is 4.02. The number of hydrogen-bond donors (Lipinski definition) is 1. The second kappa shape index (κ2) is 14.6. The molecule has 0 aliphatic carbocycles. The van der Waals surface area contributed by atoms with Gasteiger partial charge < -0.3 is 22.9 Å². The summed E-state index contributed by atoms with van der Waals surface area (Å²) in [5, 5.41) is 11.7. The number of methoxy groups -OCH3 is 1. The zero-order chi connectivity index (χ0) is 26.5. The first kappa shape index (κ1) is 27.7. The van der Waals surface area contributed by atoms with Gasteiger partial charge in [0.05, 0.1) is 13.7 Å². The first-order valence-electron chi connectivity index (χ1n) is 11.9. The molecule has 1 heterocycles. The standard InChI is InChI=1S/C13H14O2.C10H6O2S.C7H8.CH4O/c1-3-15-13-9-11-7-5-4-6-10(11)8-12(13)14-2;1-2-4-8-6-10-9(11-13-12-10)5-7(8)3-1;1-7-5-3-2-4-6-7;1-2/h4-9H,3H2,1-2H3;1-6H;2-6H,1H3;2H,1H3. The number of aliphatic hydroxyl groups excluding tert-OH is 1. The molecule has 0 radical (unpaired) electrons. The van der Waals surface area contributed by atoms with Crippen molar-refractivity contribution in [1.29, 1.82) is 0 Å². The van der Waals surface area contributed by atoms with Crippen molar-refractivity contribution in [2.24, 2.45) is 0 Å². The molecule has 0 saturated heterocycles. The van der Waals surface area contributed by atoms with Crippen LogP contribution < -0.4 is 17.8 Å². The van der Waals surface area contributed by atoms with Crippen LogP contribution in [0.15, 0.2) is 103 Å². The van der Waals surface area contributed by atoms with Crippen LogP contribution in [-0.2, 0) is 0 Å². The van der Waals surface area contributed by atoms with Crippen LogP contribution in [0.25, 0.3) is 21.5 Å². The zero-order valence-electron chi connectivity index (χ0n) is 21.5. The Morgan fingerprint density at radius 1 is 0.649 bits per heavy atom. The lowest BCUT2D eigenvalue weighted by Gasteiger charge is -2.10. The number of aryl methyl sites for hydroxylation is 1. The van der Waals surface area contributed by atoms with Gasteiger partial charge in [-0.2, -0.15) is 0 Å². The normalized spacial score (nSPS) is 10.7. The molecule has 0 aromatic heterocycles. The third-order valence-electron chi connectivity index (χ3n) is 5.33. The van der Waals surface area contributed by atoms with Gasteiger partial charge in [0.15, 0.2) is 23.0 Å². The second-order valence-corrected chi connectivity index (χ2v) is 8.29. The van der Waals surface area contributed by atoms with E-state index in [0.717, 1.165) is 47.8 Å². The van der Waals surface area contributed by atoms with Gasteiger partial charge in [-0.1, -0.05) is 84.4 Å². The van der Waals surface area contributed by atoms with Gasteiger partial charge in [0, 0.05) is 7.11 Å². The zero-order valence-corrected chi connectivity index (χ0v) is 22.3. The van der Waals surface area contributed by atoms with Gasteiger partial charge in [-0.3, -0.25) is 0 Å². The minimum absolute atomic E-state index is 0.648. The molecule has 0 amide bonds. The van der Waals surface area contributed by atoms with Crippen molar-refractivity contribution in [2.45, 2.75) is 13.8 Å². The Labute approximate surface area is 223 Å². The molecule has 5 nitrogen and oxygen atoms in total. The highest BCUT2D eigenvalue weighted by Gasteiger charge is 2.15. The van der Waals surface area contributed by atoms with E-state index in [1.165, 1.54) is 21.7 Å². The highest BCUT2D eigenvalue weighted by atomic mass is 32.2. The molecule has 1 aliphatic heterocycles. The molecule has 192 valence electrons. The third kappa shape index (κ3) is 7.81. The van der Waals surface area contributed by atoms with Crippen molar-refractivity contribution in [1.82, 2.24) is 0 Å². The molecule has 5 aromatic rings. The molecule has 0 atom stereocenters. The quantitative estimate of drug-likeness (QED) is 0.245. The number of fused-ring (bicyclic) bond motifs is 3. The summed E-state index contributed by atoms with van der Waals surface area (Å²) in [5.41, 5.74) is 1.32. The molecular weight excluding hydrogens is 484 g/mol.